The minimum atomic E-state index is 0.785. The first-order valence-electron chi connectivity index (χ1n) is 3.59. The molecule has 0 atom stereocenters. The molecule has 0 aliphatic rings. The standard InChI is InChI=1S/C8H5Br2N3/c9-7-4-6(5-8(10)12-7)13-3-1-2-11-13/h1-5H. The molecular formula is C8H5Br2N3. The topological polar surface area (TPSA) is 30.7 Å². The molecule has 3 nitrogen and oxygen atoms in total. The SMILES string of the molecule is Brc1cc(-n2cccn2)cc(Br)n1. The highest BCUT2D eigenvalue weighted by molar-refractivity contribution is 9.11. The Morgan fingerprint density at radius 2 is 1.85 bits per heavy atom. The summed E-state index contributed by atoms with van der Waals surface area (Å²) in [5, 5.41) is 4.12. The zero-order valence-corrected chi connectivity index (χ0v) is 9.66. The average Bonchev–Trinajstić information content (AvgIpc) is 2.53. The largest absolute Gasteiger partial charge is 0.241 e. The van der Waals surface area contributed by atoms with Crippen molar-refractivity contribution in [2.45, 2.75) is 0 Å². The maximum atomic E-state index is 4.14. The minimum Gasteiger partial charge on any atom is -0.241 e. The van der Waals surface area contributed by atoms with Gasteiger partial charge in [0.25, 0.3) is 0 Å². The van der Waals surface area contributed by atoms with E-state index < -0.39 is 0 Å². The molecule has 0 saturated heterocycles. The summed E-state index contributed by atoms with van der Waals surface area (Å²) in [6.45, 7) is 0. The van der Waals surface area contributed by atoms with Crippen LogP contribution in [-0.4, -0.2) is 14.8 Å². The van der Waals surface area contributed by atoms with Crippen molar-refractivity contribution in [3.63, 3.8) is 0 Å². The van der Waals surface area contributed by atoms with E-state index in [1.54, 1.807) is 10.9 Å². The van der Waals surface area contributed by atoms with Crippen LogP contribution < -0.4 is 0 Å². The van der Waals surface area contributed by atoms with Crippen molar-refractivity contribution in [3.8, 4) is 5.69 Å². The van der Waals surface area contributed by atoms with E-state index in [2.05, 4.69) is 41.9 Å². The predicted octanol–water partition coefficient (Wildman–Crippen LogP) is 2.79. The summed E-state index contributed by atoms with van der Waals surface area (Å²) in [4.78, 5) is 4.14. The summed E-state index contributed by atoms with van der Waals surface area (Å²) < 4.78 is 3.34. The quantitative estimate of drug-likeness (QED) is 0.759. The Labute approximate surface area is 92.1 Å². The van der Waals surface area contributed by atoms with Gasteiger partial charge in [0.1, 0.15) is 9.21 Å². The van der Waals surface area contributed by atoms with E-state index in [9.17, 15) is 0 Å². The molecule has 2 heterocycles. The molecule has 66 valence electrons. The van der Waals surface area contributed by atoms with Gasteiger partial charge in [-0.1, -0.05) is 0 Å². The summed E-state index contributed by atoms with van der Waals surface area (Å²) in [6.07, 6.45) is 3.62. The fourth-order valence-electron chi connectivity index (χ4n) is 1.01. The van der Waals surface area contributed by atoms with Gasteiger partial charge in [0.15, 0.2) is 0 Å². The van der Waals surface area contributed by atoms with Gasteiger partial charge in [-0.2, -0.15) is 5.10 Å². The zero-order chi connectivity index (χ0) is 9.26. The van der Waals surface area contributed by atoms with Crippen molar-refractivity contribution in [2.24, 2.45) is 0 Å². The van der Waals surface area contributed by atoms with Gasteiger partial charge >= 0.3 is 0 Å². The molecule has 13 heavy (non-hydrogen) atoms. The van der Waals surface area contributed by atoms with Gasteiger partial charge in [0, 0.05) is 12.4 Å². The number of rotatable bonds is 1. The normalized spacial score (nSPS) is 10.3. The van der Waals surface area contributed by atoms with Gasteiger partial charge in [-0.25, -0.2) is 9.67 Å². The van der Waals surface area contributed by atoms with Crippen LogP contribution in [0.4, 0.5) is 0 Å². The van der Waals surface area contributed by atoms with Crippen molar-refractivity contribution in [2.75, 3.05) is 0 Å². The van der Waals surface area contributed by atoms with Crippen molar-refractivity contribution in [1.82, 2.24) is 14.8 Å². The monoisotopic (exact) mass is 301 g/mol. The van der Waals surface area contributed by atoms with E-state index in [0.717, 1.165) is 14.9 Å². The van der Waals surface area contributed by atoms with E-state index in [-0.39, 0.29) is 0 Å². The molecule has 2 aromatic heterocycles. The zero-order valence-electron chi connectivity index (χ0n) is 6.48. The first kappa shape index (κ1) is 8.90. The first-order chi connectivity index (χ1) is 6.25. The van der Waals surface area contributed by atoms with E-state index in [1.807, 2.05) is 24.4 Å². The van der Waals surface area contributed by atoms with Crippen molar-refractivity contribution >= 4 is 31.9 Å². The van der Waals surface area contributed by atoms with Gasteiger partial charge < -0.3 is 0 Å². The lowest BCUT2D eigenvalue weighted by atomic mass is 10.4. The molecule has 0 spiro atoms. The highest BCUT2D eigenvalue weighted by atomic mass is 79.9. The second-order valence-electron chi connectivity index (χ2n) is 2.42. The van der Waals surface area contributed by atoms with Gasteiger partial charge in [0.05, 0.1) is 5.69 Å². The Hall–Kier alpha value is -0.680. The Kier molecular flexibility index (Phi) is 2.46. The van der Waals surface area contributed by atoms with Crippen LogP contribution >= 0.6 is 31.9 Å². The van der Waals surface area contributed by atoms with Crippen LogP contribution in [0.25, 0.3) is 5.69 Å². The molecule has 0 bridgehead atoms. The third-order valence-corrected chi connectivity index (χ3v) is 2.33. The molecule has 0 saturated carbocycles. The van der Waals surface area contributed by atoms with Crippen molar-refractivity contribution in [3.05, 3.63) is 39.8 Å². The smallest absolute Gasteiger partial charge is 0.109 e. The minimum absolute atomic E-state index is 0.785. The molecule has 2 rings (SSSR count). The molecule has 0 unspecified atom stereocenters. The Bertz CT molecular complexity index is 391. The molecule has 5 heteroatoms. The summed E-state index contributed by atoms with van der Waals surface area (Å²) in [6, 6.07) is 5.68. The molecule has 2 aromatic rings. The number of nitrogens with zero attached hydrogens (tertiary/aromatic N) is 3. The average molecular weight is 303 g/mol. The molecule has 0 aromatic carbocycles. The van der Waals surface area contributed by atoms with Crippen molar-refractivity contribution < 1.29 is 0 Å². The number of aromatic nitrogens is 3. The van der Waals surface area contributed by atoms with Crippen molar-refractivity contribution in [1.29, 1.82) is 0 Å². The molecule has 0 amide bonds. The van der Waals surface area contributed by atoms with E-state index in [1.165, 1.54) is 0 Å². The second-order valence-corrected chi connectivity index (χ2v) is 4.05. The molecular weight excluding hydrogens is 298 g/mol. The van der Waals surface area contributed by atoms with E-state index in [4.69, 9.17) is 0 Å². The van der Waals surface area contributed by atoms with Gasteiger partial charge in [-0.3, -0.25) is 0 Å². The van der Waals surface area contributed by atoms with E-state index in [0.29, 0.717) is 0 Å². The highest BCUT2D eigenvalue weighted by Gasteiger charge is 2.00. The molecule has 0 aliphatic carbocycles. The number of halogens is 2. The Morgan fingerprint density at radius 1 is 1.15 bits per heavy atom. The van der Waals surface area contributed by atoms with Gasteiger partial charge in [-0.05, 0) is 50.1 Å². The van der Waals surface area contributed by atoms with Gasteiger partial charge in [0.2, 0.25) is 0 Å². The lowest BCUT2D eigenvalue weighted by molar-refractivity contribution is 0.874. The molecule has 0 N–H and O–H groups in total. The maximum Gasteiger partial charge on any atom is 0.109 e. The first-order valence-corrected chi connectivity index (χ1v) is 5.17. The van der Waals surface area contributed by atoms with Gasteiger partial charge in [-0.15, -0.1) is 0 Å². The summed E-state index contributed by atoms with van der Waals surface area (Å²) in [5.74, 6) is 0. The van der Waals surface area contributed by atoms with Crippen LogP contribution in [0, 0.1) is 0 Å². The summed E-state index contributed by atoms with van der Waals surface area (Å²) >= 11 is 6.63. The number of pyridine rings is 1. The third-order valence-electron chi connectivity index (χ3n) is 1.52. The van der Waals surface area contributed by atoms with Crippen LogP contribution in [0.3, 0.4) is 0 Å². The highest BCUT2D eigenvalue weighted by Crippen LogP contribution is 2.17. The van der Waals surface area contributed by atoms with Crippen LogP contribution in [0.5, 0.6) is 0 Å². The molecule has 0 aliphatic heterocycles. The Morgan fingerprint density at radius 3 is 2.38 bits per heavy atom. The van der Waals surface area contributed by atoms with Crippen LogP contribution in [0.15, 0.2) is 39.8 Å². The molecule has 0 radical (unpaired) electrons. The summed E-state index contributed by atoms with van der Waals surface area (Å²) in [7, 11) is 0. The number of hydrogen-bond donors (Lipinski definition) is 0. The lowest BCUT2D eigenvalue weighted by Gasteiger charge is -2.01. The molecule has 0 fully saturated rings. The fourth-order valence-corrected chi connectivity index (χ4v) is 2.10. The maximum absolute atomic E-state index is 4.14. The fraction of sp³-hybridized carbons (Fsp3) is 0. The number of hydrogen-bond acceptors (Lipinski definition) is 2. The summed E-state index contributed by atoms with van der Waals surface area (Å²) in [5.41, 5.74) is 0.971. The second kappa shape index (κ2) is 3.59. The van der Waals surface area contributed by atoms with Crippen LogP contribution in [-0.2, 0) is 0 Å². The van der Waals surface area contributed by atoms with E-state index >= 15 is 0 Å². The van der Waals surface area contributed by atoms with Crippen LogP contribution in [0.1, 0.15) is 0 Å². The lowest BCUT2D eigenvalue weighted by Crippen LogP contribution is -1.95. The predicted molar refractivity (Wildman–Crippen MR) is 56.8 cm³/mol. The van der Waals surface area contributed by atoms with Crippen LogP contribution in [0.2, 0.25) is 0 Å². The third kappa shape index (κ3) is 1.97. The Balaban J connectivity index is 2.53.